The molecular weight excluding hydrogens is 505 g/mol. The van der Waals surface area contributed by atoms with E-state index in [4.69, 9.17) is 9.47 Å². The fourth-order valence-electron chi connectivity index (χ4n) is 3.89. The number of alkyl halides is 3. The zero-order valence-corrected chi connectivity index (χ0v) is 20.4. The van der Waals surface area contributed by atoms with Crippen molar-refractivity contribution < 1.29 is 27.4 Å². The van der Waals surface area contributed by atoms with Crippen LogP contribution < -0.4 is 14.8 Å². The fourth-order valence-corrected chi connectivity index (χ4v) is 4.89. The number of hydrogen-bond acceptors (Lipinski definition) is 6. The zero-order valence-electron chi connectivity index (χ0n) is 19.6. The number of amides is 1. The third kappa shape index (κ3) is 5.41. The van der Waals surface area contributed by atoms with Crippen LogP contribution in [-0.4, -0.2) is 27.5 Å². The van der Waals surface area contributed by atoms with Gasteiger partial charge < -0.3 is 14.8 Å². The largest absolute Gasteiger partial charge is 0.454 e. The van der Waals surface area contributed by atoms with E-state index >= 15 is 0 Å². The molecule has 7 nitrogen and oxygen atoms in total. The summed E-state index contributed by atoms with van der Waals surface area (Å²) in [5.41, 5.74) is 1.69. The maximum absolute atomic E-state index is 13.2. The van der Waals surface area contributed by atoms with Gasteiger partial charge in [0.2, 0.25) is 6.79 Å². The molecule has 1 aromatic heterocycles. The first-order chi connectivity index (χ1) is 17.8. The Hall–Kier alpha value is -3.99. The van der Waals surface area contributed by atoms with Gasteiger partial charge in [0, 0.05) is 23.5 Å². The van der Waals surface area contributed by atoms with Gasteiger partial charge >= 0.3 is 6.18 Å². The van der Waals surface area contributed by atoms with Crippen LogP contribution in [0.2, 0.25) is 0 Å². The summed E-state index contributed by atoms with van der Waals surface area (Å²) in [7, 11) is 0. The first-order valence-electron chi connectivity index (χ1n) is 11.3. The molecule has 3 aromatic carbocycles. The van der Waals surface area contributed by atoms with Crippen LogP contribution in [0.1, 0.15) is 32.9 Å². The molecule has 0 saturated carbocycles. The molecule has 0 atom stereocenters. The number of halogens is 3. The third-order valence-electron chi connectivity index (χ3n) is 5.74. The number of aryl methyl sites for hydroxylation is 1. The van der Waals surface area contributed by atoms with Crippen molar-refractivity contribution in [2.24, 2.45) is 0 Å². The van der Waals surface area contributed by atoms with Crippen LogP contribution in [0.5, 0.6) is 11.5 Å². The van der Waals surface area contributed by atoms with E-state index in [-0.39, 0.29) is 12.7 Å². The smallest absolute Gasteiger partial charge is 0.416 e. The molecular formula is C26H21F3N4O3S. The quantitative estimate of drug-likeness (QED) is 0.319. The van der Waals surface area contributed by atoms with Gasteiger partial charge in [0.05, 0.1) is 5.56 Å². The van der Waals surface area contributed by atoms with Gasteiger partial charge in [-0.3, -0.25) is 9.36 Å². The standard InChI is InChI=1S/C26H21F3N4O3S/c1-16-31-32-25(33(16)20-7-4-6-19(12-20)26(27,28)29)37-14-18-5-2-3-8-21(18)24(34)30-13-17-9-10-22-23(11-17)36-15-35-22/h2-12H,13-15H2,1H3,(H,30,34). The monoisotopic (exact) mass is 526 g/mol. The van der Waals surface area contributed by atoms with E-state index in [1.165, 1.54) is 17.8 Å². The van der Waals surface area contributed by atoms with E-state index in [1.54, 1.807) is 35.8 Å². The molecule has 0 bridgehead atoms. The summed E-state index contributed by atoms with van der Waals surface area (Å²) in [5, 5.41) is 11.6. The Kier molecular flexibility index (Phi) is 6.79. The summed E-state index contributed by atoms with van der Waals surface area (Å²) in [5.74, 6) is 1.89. The van der Waals surface area contributed by atoms with Gasteiger partial charge in [0.15, 0.2) is 16.7 Å². The first kappa shape index (κ1) is 24.7. The Labute approximate surface area is 214 Å². The van der Waals surface area contributed by atoms with Gasteiger partial charge in [-0.05, 0) is 54.4 Å². The van der Waals surface area contributed by atoms with Crippen LogP contribution >= 0.6 is 11.8 Å². The van der Waals surface area contributed by atoms with E-state index in [9.17, 15) is 18.0 Å². The van der Waals surface area contributed by atoms with Crippen LogP contribution in [0.4, 0.5) is 13.2 Å². The fraction of sp³-hybridized carbons (Fsp3) is 0.192. The number of aromatic nitrogens is 3. The van der Waals surface area contributed by atoms with Crippen molar-refractivity contribution in [3.05, 3.63) is 94.8 Å². The molecule has 0 spiro atoms. The Bertz CT molecular complexity index is 1460. The molecule has 11 heteroatoms. The second kappa shape index (κ2) is 10.2. The maximum Gasteiger partial charge on any atom is 0.416 e. The number of fused-ring (bicyclic) bond motifs is 1. The zero-order chi connectivity index (χ0) is 26.0. The molecule has 1 aliphatic heterocycles. The van der Waals surface area contributed by atoms with Gasteiger partial charge in [0.25, 0.3) is 5.91 Å². The minimum Gasteiger partial charge on any atom is -0.454 e. The first-order valence-corrected chi connectivity index (χ1v) is 12.3. The van der Waals surface area contributed by atoms with Gasteiger partial charge in [-0.15, -0.1) is 10.2 Å². The third-order valence-corrected chi connectivity index (χ3v) is 6.71. The lowest BCUT2D eigenvalue weighted by molar-refractivity contribution is -0.137. The molecule has 0 unspecified atom stereocenters. The highest BCUT2D eigenvalue weighted by molar-refractivity contribution is 7.98. The summed E-state index contributed by atoms with van der Waals surface area (Å²) in [4.78, 5) is 13.0. The molecule has 0 saturated heterocycles. The Morgan fingerprint density at radius 1 is 1.03 bits per heavy atom. The summed E-state index contributed by atoms with van der Waals surface area (Å²) in [6.45, 7) is 2.16. The number of benzene rings is 3. The van der Waals surface area contributed by atoms with Crippen LogP contribution in [0.3, 0.4) is 0 Å². The molecule has 1 amide bonds. The summed E-state index contributed by atoms with van der Waals surface area (Å²) >= 11 is 1.29. The lowest BCUT2D eigenvalue weighted by Crippen LogP contribution is -2.23. The summed E-state index contributed by atoms with van der Waals surface area (Å²) in [6, 6.07) is 17.7. The highest BCUT2D eigenvalue weighted by atomic mass is 32.2. The minimum atomic E-state index is -4.46. The predicted molar refractivity (Wildman–Crippen MR) is 131 cm³/mol. The van der Waals surface area contributed by atoms with E-state index in [2.05, 4.69) is 15.5 Å². The molecule has 1 N–H and O–H groups in total. The van der Waals surface area contributed by atoms with E-state index in [1.807, 2.05) is 24.3 Å². The number of hydrogen-bond donors (Lipinski definition) is 1. The number of thioether (sulfide) groups is 1. The molecule has 0 radical (unpaired) electrons. The van der Waals surface area contributed by atoms with Crippen LogP contribution in [-0.2, 0) is 18.5 Å². The summed E-state index contributed by atoms with van der Waals surface area (Å²) < 4.78 is 52.0. The Balaban J connectivity index is 1.30. The van der Waals surface area contributed by atoms with Crippen LogP contribution in [0.15, 0.2) is 71.9 Å². The lowest BCUT2D eigenvalue weighted by Gasteiger charge is -2.13. The van der Waals surface area contributed by atoms with E-state index < -0.39 is 11.7 Å². The molecule has 2 heterocycles. The normalized spacial score (nSPS) is 12.5. The van der Waals surface area contributed by atoms with Crippen molar-refractivity contribution in [2.75, 3.05) is 6.79 Å². The SMILES string of the molecule is Cc1nnc(SCc2ccccc2C(=O)NCc2ccc3c(c2)OCO3)n1-c1cccc(C(F)(F)F)c1. The van der Waals surface area contributed by atoms with Crippen LogP contribution in [0.25, 0.3) is 5.69 Å². The molecule has 190 valence electrons. The van der Waals surface area contributed by atoms with E-state index in [0.717, 1.165) is 23.3 Å². The highest BCUT2D eigenvalue weighted by Gasteiger charge is 2.31. The number of ether oxygens (including phenoxy) is 2. The second-order valence-electron chi connectivity index (χ2n) is 8.23. The molecule has 4 aromatic rings. The van der Waals surface area contributed by atoms with Crippen LogP contribution in [0, 0.1) is 6.92 Å². The number of nitrogens with one attached hydrogen (secondary N) is 1. The van der Waals surface area contributed by atoms with Crippen molar-refractivity contribution in [3.63, 3.8) is 0 Å². The molecule has 1 aliphatic rings. The topological polar surface area (TPSA) is 78.3 Å². The van der Waals surface area contributed by atoms with Gasteiger partial charge in [-0.2, -0.15) is 13.2 Å². The molecule has 0 aliphatic carbocycles. The van der Waals surface area contributed by atoms with Gasteiger partial charge in [-0.25, -0.2) is 0 Å². The predicted octanol–water partition coefficient (Wildman–Crippen LogP) is 5.55. The minimum absolute atomic E-state index is 0.178. The van der Waals surface area contributed by atoms with Crippen molar-refractivity contribution in [3.8, 4) is 17.2 Å². The Morgan fingerprint density at radius 2 is 1.84 bits per heavy atom. The average molecular weight is 527 g/mol. The maximum atomic E-state index is 13.2. The molecule has 0 fully saturated rings. The van der Waals surface area contributed by atoms with Crippen molar-refractivity contribution in [2.45, 2.75) is 30.6 Å². The van der Waals surface area contributed by atoms with Crippen molar-refractivity contribution in [1.29, 1.82) is 0 Å². The van der Waals surface area contributed by atoms with Crippen molar-refractivity contribution in [1.82, 2.24) is 20.1 Å². The van der Waals surface area contributed by atoms with Crippen molar-refractivity contribution >= 4 is 17.7 Å². The number of carbonyl (C=O) groups is 1. The lowest BCUT2D eigenvalue weighted by atomic mass is 10.1. The Morgan fingerprint density at radius 3 is 2.68 bits per heavy atom. The number of nitrogens with zero attached hydrogens (tertiary/aromatic N) is 3. The highest BCUT2D eigenvalue weighted by Crippen LogP contribution is 2.33. The van der Waals surface area contributed by atoms with Gasteiger partial charge in [0.1, 0.15) is 5.82 Å². The summed E-state index contributed by atoms with van der Waals surface area (Å²) in [6.07, 6.45) is -4.46. The van der Waals surface area contributed by atoms with Gasteiger partial charge in [-0.1, -0.05) is 42.1 Å². The number of carbonyl (C=O) groups excluding carboxylic acids is 1. The number of rotatable bonds is 7. The second-order valence-corrected chi connectivity index (χ2v) is 9.17. The molecule has 5 rings (SSSR count). The van der Waals surface area contributed by atoms with E-state index in [0.29, 0.717) is 46.0 Å². The average Bonchev–Trinajstić information content (AvgIpc) is 3.51. The molecule has 37 heavy (non-hydrogen) atoms.